The predicted molar refractivity (Wildman–Crippen MR) is 226 cm³/mol. The third-order valence-corrected chi connectivity index (χ3v) is 11.0. The first-order chi connectivity index (χ1) is 28.5. The van der Waals surface area contributed by atoms with Crippen LogP contribution in [-0.2, 0) is 71.2 Å². The predicted octanol–water partition coefficient (Wildman–Crippen LogP) is 2.38. The van der Waals surface area contributed by atoms with Crippen molar-refractivity contribution in [2.24, 2.45) is 0 Å². The summed E-state index contributed by atoms with van der Waals surface area (Å²) in [4.78, 5) is 27.6. The molecule has 0 radical (unpaired) electrons. The summed E-state index contributed by atoms with van der Waals surface area (Å²) >= 11 is 3.67. The molecule has 0 aromatic carbocycles. The van der Waals surface area contributed by atoms with Gasteiger partial charge < -0.3 is 71.4 Å². The number of ether oxygens (including phenoxy) is 13. The van der Waals surface area contributed by atoms with Gasteiger partial charge in [-0.2, -0.15) is 23.5 Å². The van der Waals surface area contributed by atoms with Gasteiger partial charge in [0, 0.05) is 52.9 Å². The minimum absolute atomic E-state index is 0.0569. The molecule has 0 unspecified atom stereocenters. The van der Waals surface area contributed by atoms with E-state index in [1.807, 2.05) is 23.5 Å². The molecular formula is C40H74N2O15S2. The topological polar surface area (TPSA) is 161 Å². The van der Waals surface area contributed by atoms with Crippen molar-refractivity contribution in [3.63, 3.8) is 0 Å². The quantitative estimate of drug-likeness (QED) is 0.0661. The second-order valence-electron chi connectivity index (χ2n) is 14.3. The van der Waals surface area contributed by atoms with Crippen molar-refractivity contribution in [2.75, 3.05) is 177 Å². The average Bonchev–Trinajstić information content (AvgIpc) is 3.22. The maximum atomic E-state index is 12.3. The number of carbonyl (C=O) groups is 2. The molecule has 19 heteroatoms. The Balaban J connectivity index is 1.55. The summed E-state index contributed by atoms with van der Waals surface area (Å²) in [5.74, 6) is 0.555. The van der Waals surface area contributed by atoms with Crippen molar-refractivity contribution in [1.29, 1.82) is 0 Å². The van der Waals surface area contributed by atoms with E-state index in [0.717, 1.165) is 35.9 Å². The summed E-state index contributed by atoms with van der Waals surface area (Å²) in [6, 6.07) is 0. The Morgan fingerprint density at radius 2 is 0.932 bits per heavy atom. The summed E-state index contributed by atoms with van der Waals surface area (Å²) in [5.41, 5.74) is 0. The second kappa shape index (κ2) is 33.4. The van der Waals surface area contributed by atoms with Crippen LogP contribution in [0.4, 0.5) is 0 Å². The van der Waals surface area contributed by atoms with Gasteiger partial charge in [0.1, 0.15) is 12.2 Å². The van der Waals surface area contributed by atoms with Crippen LogP contribution in [0.15, 0.2) is 12.7 Å². The van der Waals surface area contributed by atoms with Crippen molar-refractivity contribution in [2.45, 2.75) is 56.6 Å². The van der Waals surface area contributed by atoms with E-state index in [1.54, 1.807) is 48.1 Å². The number of carbonyl (C=O) groups excluding carboxylic acids is 2. The molecule has 0 N–H and O–H groups in total. The number of thioether (sulfide) groups is 2. The molecule has 0 spiro atoms. The molecular weight excluding hydrogens is 813 g/mol. The fourth-order valence-electron chi connectivity index (χ4n) is 5.37. The van der Waals surface area contributed by atoms with E-state index < -0.39 is 11.6 Å². The van der Waals surface area contributed by atoms with E-state index in [0.29, 0.717) is 126 Å². The lowest BCUT2D eigenvalue weighted by Crippen LogP contribution is -2.54. The summed E-state index contributed by atoms with van der Waals surface area (Å²) < 4.78 is 74.1. The molecule has 0 aliphatic carbocycles. The molecule has 59 heavy (non-hydrogen) atoms. The average molecular weight is 887 g/mol. The minimum atomic E-state index is -1.26. The lowest BCUT2D eigenvalue weighted by molar-refractivity contribution is -0.278. The van der Waals surface area contributed by atoms with Crippen LogP contribution in [0, 0.1) is 0 Å². The fraction of sp³-hybridized carbons (Fsp3) is 0.900. The van der Waals surface area contributed by atoms with Crippen molar-refractivity contribution in [3.05, 3.63) is 12.7 Å². The number of hydrogen-bond donors (Lipinski definition) is 0. The molecule has 0 atom stereocenters. The molecule has 2 fully saturated rings. The number of rotatable bonds is 37. The summed E-state index contributed by atoms with van der Waals surface area (Å²) in [6.07, 6.45) is 3.10. The smallest absolute Gasteiger partial charge is 0.282 e. The van der Waals surface area contributed by atoms with E-state index in [2.05, 4.69) is 6.58 Å². The highest BCUT2D eigenvalue weighted by molar-refractivity contribution is 8.00. The monoisotopic (exact) mass is 886 g/mol. The third kappa shape index (κ3) is 24.9. The Hall–Kier alpha value is -1.14. The van der Waals surface area contributed by atoms with E-state index >= 15 is 0 Å². The van der Waals surface area contributed by atoms with Gasteiger partial charge in [0.2, 0.25) is 11.6 Å². The molecule has 0 aromatic heterocycles. The van der Waals surface area contributed by atoms with E-state index in [9.17, 15) is 9.59 Å². The van der Waals surface area contributed by atoms with Crippen LogP contribution in [-0.4, -0.2) is 228 Å². The van der Waals surface area contributed by atoms with E-state index in [-0.39, 0.29) is 30.1 Å². The fourth-order valence-corrected chi connectivity index (χ4v) is 7.46. The third-order valence-electron chi connectivity index (χ3n) is 8.63. The van der Waals surface area contributed by atoms with Gasteiger partial charge in [0.15, 0.2) is 0 Å². The molecule has 0 bridgehead atoms. The summed E-state index contributed by atoms with van der Waals surface area (Å²) in [5, 5.41) is 0. The maximum Gasteiger partial charge on any atom is 0.282 e. The van der Waals surface area contributed by atoms with Gasteiger partial charge in [-0.05, 0) is 38.2 Å². The molecule has 2 rings (SSSR count). The van der Waals surface area contributed by atoms with Crippen LogP contribution in [0.1, 0.15) is 26.7 Å². The lowest BCUT2D eigenvalue weighted by atomic mass is 10.2. The van der Waals surface area contributed by atoms with Gasteiger partial charge in [-0.3, -0.25) is 9.59 Å². The molecule has 0 saturated carbocycles. The van der Waals surface area contributed by atoms with Gasteiger partial charge in [-0.1, -0.05) is 6.08 Å². The molecule has 2 heterocycles. The zero-order valence-electron chi connectivity index (χ0n) is 36.5. The molecule has 2 aliphatic heterocycles. The summed E-state index contributed by atoms with van der Waals surface area (Å²) in [6.45, 7) is 15.8. The van der Waals surface area contributed by atoms with E-state index in [4.69, 9.17) is 61.6 Å². The lowest BCUT2D eigenvalue weighted by Gasteiger charge is -2.37. The van der Waals surface area contributed by atoms with Gasteiger partial charge in [-0.15, -0.1) is 6.58 Å². The first kappa shape index (κ1) is 54.0. The first-order valence-corrected chi connectivity index (χ1v) is 22.9. The van der Waals surface area contributed by atoms with Crippen LogP contribution in [0.2, 0.25) is 0 Å². The molecule has 2 saturated heterocycles. The second-order valence-corrected chi connectivity index (χ2v) is 16.6. The number of likely N-dealkylation sites (N-methyl/N-ethyl adjacent to an activating group) is 2. The van der Waals surface area contributed by atoms with Crippen LogP contribution < -0.4 is 0 Å². The highest BCUT2D eigenvalue weighted by Gasteiger charge is 2.42. The standard InChI is InChI=1S/C40H74N2O15S2/c1-8-11-45-14-15-46-16-17-47-18-19-48-20-21-49-22-23-50-24-25-53-36(32-58-26-9-12-51-34-28-54-39(2,55-29-34)37(43)41(4)5)33-59-27-10-13-52-35-30-56-40(3,57-31-35)38(44)42(6)7/h8,34-36H,1,9-33H2,2-7H3. The van der Waals surface area contributed by atoms with Gasteiger partial charge in [0.25, 0.3) is 11.8 Å². The van der Waals surface area contributed by atoms with Crippen LogP contribution >= 0.6 is 23.5 Å². The van der Waals surface area contributed by atoms with Crippen LogP contribution in [0.3, 0.4) is 0 Å². The van der Waals surface area contributed by atoms with Crippen molar-refractivity contribution in [1.82, 2.24) is 9.80 Å². The van der Waals surface area contributed by atoms with E-state index in [1.165, 1.54) is 9.80 Å². The number of nitrogens with zero attached hydrogens (tertiary/aromatic N) is 2. The van der Waals surface area contributed by atoms with Gasteiger partial charge in [0.05, 0.1) is 118 Å². The largest absolute Gasteiger partial charge is 0.377 e. The van der Waals surface area contributed by atoms with Crippen LogP contribution in [0.5, 0.6) is 0 Å². The Kier molecular flexibility index (Phi) is 30.6. The number of hydrogen-bond acceptors (Lipinski definition) is 17. The normalized spacial score (nSPS) is 22.6. The zero-order chi connectivity index (χ0) is 43.0. The highest BCUT2D eigenvalue weighted by Crippen LogP contribution is 2.23. The van der Waals surface area contributed by atoms with Crippen molar-refractivity contribution in [3.8, 4) is 0 Å². The van der Waals surface area contributed by atoms with Crippen molar-refractivity contribution < 1.29 is 71.2 Å². The molecule has 2 amide bonds. The Bertz CT molecular complexity index is 1020. The minimum Gasteiger partial charge on any atom is -0.377 e. The molecule has 2 aliphatic rings. The first-order valence-electron chi connectivity index (χ1n) is 20.6. The number of amides is 2. The highest BCUT2D eigenvalue weighted by atomic mass is 32.2. The Morgan fingerprint density at radius 1 is 0.593 bits per heavy atom. The maximum absolute atomic E-state index is 12.3. The molecule has 0 aromatic rings. The van der Waals surface area contributed by atoms with Crippen molar-refractivity contribution >= 4 is 35.3 Å². The van der Waals surface area contributed by atoms with Gasteiger partial charge in [-0.25, -0.2) is 0 Å². The van der Waals surface area contributed by atoms with Gasteiger partial charge >= 0.3 is 0 Å². The van der Waals surface area contributed by atoms with Crippen LogP contribution in [0.25, 0.3) is 0 Å². The molecule has 17 nitrogen and oxygen atoms in total. The zero-order valence-corrected chi connectivity index (χ0v) is 38.2. The Morgan fingerprint density at radius 3 is 1.27 bits per heavy atom. The SMILES string of the molecule is C=CCOCCOCCOCCOCCOCCOCCOC(CSCCCOC1COC(C)(C(=O)N(C)C)OC1)CSCCCOC1COC(C)(C(=O)N(C)C)OC1. The molecule has 346 valence electrons. The summed E-state index contributed by atoms with van der Waals surface area (Å²) in [7, 11) is 6.71. The Labute approximate surface area is 361 Å².